The molecule has 1 aliphatic rings. The third kappa shape index (κ3) is 2.21. The van der Waals surface area contributed by atoms with Crippen LogP contribution < -0.4 is 0 Å². The van der Waals surface area contributed by atoms with Crippen LogP contribution in [0.3, 0.4) is 0 Å². The molecule has 4 heteroatoms. The summed E-state index contributed by atoms with van der Waals surface area (Å²) in [6, 6.07) is 0. The Hall–Kier alpha value is -0.480. The molecule has 84 valence electrons. The fraction of sp³-hybridized carbons (Fsp3) is 0.727. The van der Waals surface area contributed by atoms with Crippen molar-refractivity contribution in [3.8, 4) is 0 Å². The minimum absolute atomic E-state index is 0.159. The number of nitrogens with zero attached hydrogens (tertiary/aromatic N) is 2. The number of hydrogen-bond donors (Lipinski definition) is 1. The predicted octanol–water partition coefficient (Wildman–Crippen LogP) is 1.67. The van der Waals surface area contributed by atoms with E-state index in [0.29, 0.717) is 11.8 Å². The number of thioether (sulfide) groups is 1. The van der Waals surface area contributed by atoms with E-state index in [1.807, 2.05) is 19.6 Å². The van der Waals surface area contributed by atoms with E-state index in [9.17, 15) is 5.11 Å². The quantitative estimate of drug-likeness (QED) is 0.852. The maximum Gasteiger partial charge on any atom is 0.102 e. The van der Waals surface area contributed by atoms with E-state index in [2.05, 4.69) is 16.5 Å². The van der Waals surface area contributed by atoms with Gasteiger partial charge in [0.25, 0.3) is 0 Å². The van der Waals surface area contributed by atoms with Gasteiger partial charge in [-0.1, -0.05) is 6.92 Å². The van der Waals surface area contributed by atoms with Crippen molar-refractivity contribution in [2.75, 3.05) is 5.75 Å². The SMILES string of the molecule is CC[C@H]1C(Cc2cncn2C)CSC1O. The van der Waals surface area contributed by atoms with Gasteiger partial charge in [0, 0.05) is 18.9 Å². The molecule has 1 fully saturated rings. The number of aromatic nitrogens is 2. The van der Waals surface area contributed by atoms with Gasteiger partial charge in [0.15, 0.2) is 0 Å². The molecule has 1 N–H and O–H groups in total. The Labute approximate surface area is 94.9 Å². The van der Waals surface area contributed by atoms with Crippen molar-refractivity contribution in [3.05, 3.63) is 18.2 Å². The molecule has 1 aromatic rings. The molecule has 0 radical (unpaired) electrons. The molecule has 3 nitrogen and oxygen atoms in total. The van der Waals surface area contributed by atoms with Crippen LogP contribution in [0.5, 0.6) is 0 Å². The van der Waals surface area contributed by atoms with Gasteiger partial charge >= 0.3 is 0 Å². The fourth-order valence-electron chi connectivity index (χ4n) is 2.30. The summed E-state index contributed by atoms with van der Waals surface area (Å²) < 4.78 is 2.07. The van der Waals surface area contributed by atoms with E-state index in [1.54, 1.807) is 11.8 Å². The summed E-state index contributed by atoms with van der Waals surface area (Å²) in [6.45, 7) is 2.16. The zero-order valence-electron chi connectivity index (χ0n) is 9.26. The highest BCUT2D eigenvalue weighted by Crippen LogP contribution is 2.39. The van der Waals surface area contributed by atoms with Crippen molar-refractivity contribution in [3.63, 3.8) is 0 Å². The molecule has 3 atom stereocenters. The van der Waals surface area contributed by atoms with Crippen molar-refractivity contribution in [1.82, 2.24) is 9.55 Å². The normalized spacial score (nSPS) is 31.0. The van der Waals surface area contributed by atoms with Crippen molar-refractivity contribution < 1.29 is 5.11 Å². The van der Waals surface area contributed by atoms with E-state index in [0.717, 1.165) is 18.6 Å². The molecule has 2 rings (SSSR count). The van der Waals surface area contributed by atoms with Gasteiger partial charge in [-0.25, -0.2) is 4.98 Å². The average Bonchev–Trinajstić information content (AvgIpc) is 2.76. The number of aryl methyl sites for hydroxylation is 1. The maximum atomic E-state index is 9.80. The Morgan fingerprint density at radius 3 is 3.07 bits per heavy atom. The van der Waals surface area contributed by atoms with E-state index >= 15 is 0 Å². The number of aliphatic hydroxyl groups is 1. The van der Waals surface area contributed by atoms with Crippen molar-refractivity contribution in [2.24, 2.45) is 18.9 Å². The first-order valence-electron chi connectivity index (χ1n) is 5.47. The van der Waals surface area contributed by atoms with Crippen LogP contribution in [-0.4, -0.2) is 25.8 Å². The monoisotopic (exact) mass is 226 g/mol. The standard InChI is InChI=1S/C11H18N2OS/c1-3-10-8(6-15-11(10)14)4-9-5-12-7-13(9)2/h5,7-8,10-11,14H,3-4,6H2,1-2H3/t8?,10-,11?/m0/s1. The molecule has 15 heavy (non-hydrogen) atoms. The van der Waals surface area contributed by atoms with E-state index < -0.39 is 0 Å². The van der Waals surface area contributed by atoms with E-state index in [-0.39, 0.29) is 5.44 Å². The first-order chi connectivity index (χ1) is 7.22. The van der Waals surface area contributed by atoms with Crippen LogP contribution >= 0.6 is 11.8 Å². The summed E-state index contributed by atoms with van der Waals surface area (Å²) in [7, 11) is 2.03. The van der Waals surface area contributed by atoms with Gasteiger partial charge in [-0.05, 0) is 30.4 Å². The molecule has 2 unspecified atom stereocenters. The van der Waals surface area contributed by atoms with Gasteiger partial charge in [-0.15, -0.1) is 11.8 Å². The first-order valence-corrected chi connectivity index (χ1v) is 6.52. The second-order valence-electron chi connectivity index (χ2n) is 4.26. The third-order valence-corrected chi connectivity index (χ3v) is 4.62. The summed E-state index contributed by atoms with van der Waals surface area (Å²) >= 11 is 1.69. The fourth-order valence-corrected chi connectivity index (χ4v) is 3.77. The topological polar surface area (TPSA) is 38.0 Å². The van der Waals surface area contributed by atoms with E-state index in [1.165, 1.54) is 5.69 Å². The highest BCUT2D eigenvalue weighted by molar-refractivity contribution is 8.00. The molecule has 0 bridgehead atoms. The van der Waals surface area contributed by atoms with Crippen molar-refractivity contribution in [1.29, 1.82) is 0 Å². The van der Waals surface area contributed by atoms with Gasteiger partial charge in [-0.3, -0.25) is 0 Å². The maximum absolute atomic E-state index is 9.80. The van der Waals surface area contributed by atoms with Gasteiger partial charge < -0.3 is 9.67 Å². The summed E-state index contributed by atoms with van der Waals surface area (Å²) in [5, 5.41) is 9.80. The number of rotatable bonds is 3. The zero-order valence-corrected chi connectivity index (χ0v) is 10.1. The van der Waals surface area contributed by atoms with Crippen LogP contribution in [-0.2, 0) is 13.5 Å². The van der Waals surface area contributed by atoms with Crippen molar-refractivity contribution in [2.45, 2.75) is 25.2 Å². The van der Waals surface area contributed by atoms with Gasteiger partial charge in [0.1, 0.15) is 5.44 Å². The second-order valence-corrected chi connectivity index (χ2v) is 5.41. The summed E-state index contributed by atoms with van der Waals surface area (Å²) in [5.41, 5.74) is 1.11. The van der Waals surface area contributed by atoms with Crippen LogP contribution in [0.2, 0.25) is 0 Å². The highest BCUT2D eigenvalue weighted by atomic mass is 32.2. The minimum Gasteiger partial charge on any atom is -0.382 e. The molecular formula is C11H18N2OS. The number of hydrogen-bond acceptors (Lipinski definition) is 3. The van der Waals surface area contributed by atoms with Crippen molar-refractivity contribution >= 4 is 11.8 Å². The average molecular weight is 226 g/mol. The Morgan fingerprint density at radius 1 is 1.67 bits per heavy atom. The zero-order chi connectivity index (χ0) is 10.8. The van der Waals surface area contributed by atoms with Gasteiger partial charge in [0.2, 0.25) is 0 Å². The van der Waals surface area contributed by atoms with Crippen LogP contribution in [0.1, 0.15) is 19.0 Å². The van der Waals surface area contributed by atoms with Crippen LogP contribution in [0.15, 0.2) is 12.5 Å². The molecule has 2 heterocycles. The molecule has 0 saturated carbocycles. The molecular weight excluding hydrogens is 208 g/mol. The highest BCUT2D eigenvalue weighted by Gasteiger charge is 2.34. The number of aliphatic hydroxyl groups excluding tert-OH is 1. The predicted molar refractivity (Wildman–Crippen MR) is 62.6 cm³/mol. The van der Waals surface area contributed by atoms with Crippen LogP contribution in [0, 0.1) is 11.8 Å². The molecule has 0 aliphatic carbocycles. The number of imidazole rings is 1. The Morgan fingerprint density at radius 2 is 2.47 bits per heavy atom. The van der Waals surface area contributed by atoms with Gasteiger partial charge in [0.05, 0.1) is 6.33 Å². The molecule has 0 amide bonds. The Kier molecular flexibility index (Phi) is 3.36. The molecule has 0 aromatic carbocycles. The lowest BCUT2D eigenvalue weighted by atomic mass is 9.89. The van der Waals surface area contributed by atoms with E-state index in [4.69, 9.17) is 0 Å². The summed E-state index contributed by atoms with van der Waals surface area (Å²) in [4.78, 5) is 4.13. The molecule has 1 aliphatic heterocycles. The molecule has 1 saturated heterocycles. The second kappa shape index (κ2) is 4.58. The largest absolute Gasteiger partial charge is 0.382 e. The lowest BCUT2D eigenvalue weighted by Gasteiger charge is -2.19. The summed E-state index contributed by atoms with van der Waals surface area (Å²) in [5.74, 6) is 2.13. The minimum atomic E-state index is -0.159. The molecule has 0 spiro atoms. The lowest BCUT2D eigenvalue weighted by molar-refractivity contribution is 0.163. The summed E-state index contributed by atoms with van der Waals surface area (Å²) in [6.07, 6.45) is 5.88. The Bertz CT molecular complexity index is 326. The Balaban J connectivity index is 2.03. The van der Waals surface area contributed by atoms with Gasteiger partial charge in [-0.2, -0.15) is 0 Å². The van der Waals surface area contributed by atoms with Crippen LogP contribution in [0.4, 0.5) is 0 Å². The smallest absolute Gasteiger partial charge is 0.102 e. The molecule has 1 aromatic heterocycles. The van der Waals surface area contributed by atoms with Crippen LogP contribution in [0.25, 0.3) is 0 Å². The third-order valence-electron chi connectivity index (χ3n) is 3.31. The first kappa shape index (κ1) is 11.0. The lowest BCUT2D eigenvalue weighted by Crippen LogP contribution is -2.20.